The molecule has 1 unspecified atom stereocenters. The van der Waals surface area contributed by atoms with Crippen LogP contribution in [0.25, 0.3) is 0 Å². The molecule has 0 amide bonds. The Balaban J connectivity index is 2.26. The average molecular weight is 183 g/mol. The van der Waals surface area contributed by atoms with Gasteiger partial charge in [0.1, 0.15) is 0 Å². The lowest BCUT2D eigenvalue weighted by molar-refractivity contribution is 0.154. The van der Waals surface area contributed by atoms with E-state index in [2.05, 4.69) is 10.00 Å². The molecule has 13 heavy (non-hydrogen) atoms. The number of aromatic nitrogens is 2. The SMILES string of the molecule is CC(CO)N(C)CCn1cccn1. The first kappa shape index (κ1) is 10.2. The van der Waals surface area contributed by atoms with Gasteiger partial charge < -0.3 is 5.11 Å². The standard InChI is InChI=1S/C9H17N3O/c1-9(8-13)11(2)6-7-12-5-3-4-10-12/h3-5,9,13H,6-8H2,1-2H3. The fraction of sp³-hybridized carbons (Fsp3) is 0.667. The molecule has 0 fully saturated rings. The first-order chi connectivity index (χ1) is 6.24. The summed E-state index contributed by atoms with van der Waals surface area (Å²) in [5, 5.41) is 13.0. The Morgan fingerprint density at radius 1 is 1.62 bits per heavy atom. The van der Waals surface area contributed by atoms with E-state index in [1.807, 2.05) is 30.9 Å². The van der Waals surface area contributed by atoms with Crippen LogP contribution >= 0.6 is 0 Å². The molecule has 0 aliphatic rings. The Morgan fingerprint density at radius 2 is 2.38 bits per heavy atom. The van der Waals surface area contributed by atoms with Gasteiger partial charge in [-0.3, -0.25) is 9.58 Å². The third-order valence-electron chi connectivity index (χ3n) is 2.26. The highest BCUT2D eigenvalue weighted by Gasteiger charge is 2.06. The van der Waals surface area contributed by atoms with Gasteiger partial charge in [-0.05, 0) is 20.0 Å². The molecular weight excluding hydrogens is 166 g/mol. The highest BCUT2D eigenvalue weighted by atomic mass is 16.3. The molecule has 74 valence electrons. The number of likely N-dealkylation sites (N-methyl/N-ethyl adjacent to an activating group) is 1. The number of rotatable bonds is 5. The monoisotopic (exact) mass is 183 g/mol. The van der Waals surface area contributed by atoms with Gasteiger partial charge in [-0.1, -0.05) is 0 Å². The fourth-order valence-corrected chi connectivity index (χ4v) is 1.05. The predicted molar refractivity (Wildman–Crippen MR) is 51.4 cm³/mol. The van der Waals surface area contributed by atoms with E-state index in [0.29, 0.717) is 0 Å². The van der Waals surface area contributed by atoms with Gasteiger partial charge in [-0.2, -0.15) is 5.10 Å². The van der Waals surface area contributed by atoms with Gasteiger partial charge in [0.15, 0.2) is 0 Å². The van der Waals surface area contributed by atoms with Gasteiger partial charge in [0.05, 0.1) is 13.2 Å². The van der Waals surface area contributed by atoms with E-state index >= 15 is 0 Å². The third-order valence-corrected chi connectivity index (χ3v) is 2.26. The summed E-state index contributed by atoms with van der Waals surface area (Å²) >= 11 is 0. The Bertz CT molecular complexity index is 223. The second-order valence-corrected chi connectivity index (χ2v) is 3.28. The average Bonchev–Trinajstić information content (AvgIpc) is 2.65. The zero-order chi connectivity index (χ0) is 9.68. The van der Waals surface area contributed by atoms with Crippen molar-refractivity contribution in [1.82, 2.24) is 14.7 Å². The molecule has 0 bridgehead atoms. The highest BCUT2D eigenvalue weighted by molar-refractivity contribution is 4.78. The van der Waals surface area contributed by atoms with Crippen LogP contribution in [0.2, 0.25) is 0 Å². The number of aliphatic hydroxyl groups is 1. The van der Waals surface area contributed by atoms with Gasteiger partial charge in [0.25, 0.3) is 0 Å². The summed E-state index contributed by atoms with van der Waals surface area (Å²) in [6, 6.07) is 2.13. The molecule has 0 aliphatic heterocycles. The number of aliphatic hydroxyl groups excluding tert-OH is 1. The summed E-state index contributed by atoms with van der Waals surface area (Å²) in [6.07, 6.45) is 3.72. The number of hydrogen-bond donors (Lipinski definition) is 1. The lowest BCUT2D eigenvalue weighted by atomic mass is 10.3. The van der Waals surface area contributed by atoms with Gasteiger partial charge in [-0.15, -0.1) is 0 Å². The summed E-state index contributed by atoms with van der Waals surface area (Å²) in [5.41, 5.74) is 0. The van der Waals surface area contributed by atoms with E-state index in [1.54, 1.807) is 6.20 Å². The maximum Gasteiger partial charge on any atom is 0.0584 e. The molecule has 1 aromatic heterocycles. The van der Waals surface area contributed by atoms with E-state index < -0.39 is 0 Å². The van der Waals surface area contributed by atoms with E-state index in [9.17, 15) is 0 Å². The molecular formula is C9H17N3O. The highest BCUT2D eigenvalue weighted by Crippen LogP contribution is 1.94. The molecule has 1 heterocycles. The van der Waals surface area contributed by atoms with Gasteiger partial charge in [0.2, 0.25) is 0 Å². The van der Waals surface area contributed by atoms with Crippen LogP contribution in [0.1, 0.15) is 6.92 Å². The van der Waals surface area contributed by atoms with Crippen LogP contribution in [0, 0.1) is 0 Å². The lowest BCUT2D eigenvalue weighted by Gasteiger charge is -2.22. The van der Waals surface area contributed by atoms with Gasteiger partial charge in [-0.25, -0.2) is 0 Å². The predicted octanol–water partition coefficient (Wildman–Crippen LogP) is 0.196. The quantitative estimate of drug-likeness (QED) is 0.709. The minimum atomic E-state index is 0.204. The van der Waals surface area contributed by atoms with Crippen LogP contribution in [-0.2, 0) is 6.54 Å². The third kappa shape index (κ3) is 3.16. The van der Waals surface area contributed by atoms with Crippen LogP contribution in [-0.4, -0.2) is 46.0 Å². The summed E-state index contributed by atoms with van der Waals surface area (Å²) < 4.78 is 1.89. The fourth-order valence-electron chi connectivity index (χ4n) is 1.05. The normalized spacial score (nSPS) is 13.5. The topological polar surface area (TPSA) is 41.3 Å². The van der Waals surface area contributed by atoms with Crippen molar-refractivity contribution in [3.63, 3.8) is 0 Å². The molecule has 0 aliphatic carbocycles. The van der Waals surface area contributed by atoms with Gasteiger partial charge >= 0.3 is 0 Å². The maximum atomic E-state index is 8.90. The Labute approximate surface area is 78.8 Å². The van der Waals surface area contributed by atoms with Crippen molar-refractivity contribution in [3.05, 3.63) is 18.5 Å². The molecule has 0 saturated carbocycles. The van der Waals surface area contributed by atoms with Crippen molar-refractivity contribution in [2.75, 3.05) is 20.2 Å². The first-order valence-electron chi connectivity index (χ1n) is 4.52. The van der Waals surface area contributed by atoms with Crippen LogP contribution < -0.4 is 0 Å². The van der Waals surface area contributed by atoms with Crippen LogP contribution in [0.5, 0.6) is 0 Å². The second kappa shape index (κ2) is 4.99. The number of hydrogen-bond acceptors (Lipinski definition) is 3. The summed E-state index contributed by atoms with van der Waals surface area (Å²) in [6.45, 7) is 3.98. The summed E-state index contributed by atoms with van der Waals surface area (Å²) in [7, 11) is 2.00. The van der Waals surface area contributed by atoms with Crippen molar-refractivity contribution in [3.8, 4) is 0 Å². The number of nitrogens with zero attached hydrogens (tertiary/aromatic N) is 3. The molecule has 1 N–H and O–H groups in total. The molecule has 0 aromatic carbocycles. The van der Waals surface area contributed by atoms with Crippen LogP contribution in [0.3, 0.4) is 0 Å². The minimum Gasteiger partial charge on any atom is -0.395 e. The molecule has 0 radical (unpaired) electrons. The van der Waals surface area contributed by atoms with E-state index in [1.165, 1.54) is 0 Å². The van der Waals surface area contributed by atoms with E-state index in [0.717, 1.165) is 13.1 Å². The first-order valence-corrected chi connectivity index (χ1v) is 4.52. The van der Waals surface area contributed by atoms with Crippen LogP contribution in [0.4, 0.5) is 0 Å². The zero-order valence-corrected chi connectivity index (χ0v) is 8.22. The summed E-state index contributed by atoms with van der Waals surface area (Å²) in [5.74, 6) is 0. The zero-order valence-electron chi connectivity index (χ0n) is 8.22. The molecule has 4 nitrogen and oxygen atoms in total. The largest absolute Gasteiger partial charge is 0.395 e. The second-order valence-electron chi connectivity index (χ2n) is 3.28. The van der Waals surface area contributed by atoms with Crippen LogP contribution in [0.15, 0.2) is 18.5 Å². The minimum absolute atomic E-state index is 0.204. The van der Waals surface area contributed by atoms with Crippen molar-refractivity contribution >= 4 is 0 Å². The molecule has 1 rings (SSSR count). The van der Waals surface area contributed by atoms with Crippen molar-refractivity contribution in [2.24, 2.45) is 0 Å². The van der Waals surface area contributed by atoms with Gasteiger partial charge in [0, 0.05) is 25.0 Å². The smallest absolute Gasteiger partial charge is 0.0584 e. The van der Waals surface area contributed by atoms with E-state index in [4.69, 9.17) is 5.11 Å². The van der Waals surface area contributed by atoms with Crippen molar-refractivity contribution in [1.29, 1.82) is 0 Å². The van der Waals surface area contributed by atoms with E-state index in [-0.39, 0.29) is 12.6 Å². The summed E-state index contributed by atoms with van der Waals surface area (Å²) in [4.78, 5) is 2.11. The Morgan fingerprint density at radius 3 is 2.92 bits per heavy atom. The Kier molecular flexibility index (Phi) is 3.92. The molecule has 0 saturated heterocycles. The lowest BCUT2D eigenvalue weighted by Crippen LogP contribution is -2.34. The molecule has 1 aromatic rings. The van der Waals surface area contributed by atoms with Crippen molar-refractivity contribution in [2.45, 2.75) is 19.5 Å². The molecule has 4 heteroatoms. The maximum absolute atomic E-state index is 8.90. The molecule has 0 spiro atoms. The Hall–Kier alpha value is -0.870. The molecule has 1 atom stereocenters. The van der Waals surface area contributed by atoms with Crippen molar-refractivity contribution < 1.29 is 5.11 Å².